The number of hydrazine groups is 1. The number of carbonyl (C=O) groups is 2. The van der Waals surface area contributed by atoms with Crippen molar-refractivity contribution < 1.29 is 9.59 Å². The summed E-state index contributed by atoms with van der Waals surface area (Å²) < 4.78 is 0. The van der Waals surface area contributed by atoms with Gasteiger partial charge in [0.05, 0.1) is 0 Å². The molecule has 2 amide bonds. The summed E-state index contributed by atoms with van der Waals surface area (Å²) in [5.41, 5.74) is 2.03. The number of likely N-dealkylation sites (tertiary alicyclic amines) is 1. The Labute approximate surface area is 64.5 Å². The fourth-order valence-electron chi connectivity index (χ4n) is 1.21. The highest BCUT2D eigenvalue weighted by Crippen LogP contribution is 2.15. The molecule has 0 saturated carbocycles. The standard InChI is InChI=1S/C6H11N3O2/c1-9-4(6(11)8-7)2-3-5(9)10/h4H,2-3,7H2,1H3,(H,8,11)/t4-/m1/s1. The maximum Gasteiger partial charge on any atom is 0.256 e. The molecule has 0 radical (unpaired) electrons. The Morgan fingerprint density at radius 2 is 2.45 bits per heavy atom. The summed E-state index contributed by atoms with van der Waals surface area (Å²) in [4.78, 5) is 23.3. The third-order valence-corrected chi connectivity index (χ3v) is 1.94. The Kier molecular flexibility index (Phi) is 2.09. The van der Waals surface area contributed by atoms with Crippen LogP contribution in [-0.2, 0) is 9.59 Å². The van der Waals surface area contributed by atoms with Crippen LogP contribution in [0.4, 0.5) is 0 Å². The fraction of sp³-hybridized carbons (Fsp3) is 0.667. The van der Waals surface area contributed by atoms with E-state index in [4.69, 9.17) is 5.84 Å². The second-order valence-electron chi connectivity index (χ2n) is 2.57. The number of rotatable bonds is 1. The third-order valence-electron chi connectivity index (χ3n) is 1.94. The van der Waals surface area contributed by atoms with E-state index in [2.05, 4.69) is 0 Å². The number of amides is 2. The third kappa shape index (κ3) is 1.32. The van der Waals surface area contributed by atoms with Gasteiger partial charge in [0, 0.05) is 13.5 Å². The van der Waals surface area contributed by atoms with Crippen molar-refractivity contribution in [3.63, 3.8) is 0 Å². The van der Waals surface area contributed by atoms with Crippen LogP contribution in [0.25, 0.3) is 0 Å². The first-order valence-corrected chi connectivity index (χ1v) is 3.43. The summed E-state index contributed by atoms with van der Waals surface area (Å²) in [5.74, 6) is 4.63. The highest BCUT2D eigenvalue weighted by atomic mass is 16.2. The Bertz CT molecular complexity index is 192. The average Bonchev–Trinajstić information content (AvgIpc) is 2.32. The Hall–Kier alpha value is -1.10. The summed E-state index contributed by atoms with van der Waals surface area (Å²) in [6.45, 7) is 0. The molecule has 3 N–H and O–H groups in total. The van der Waals surface area contributed by atoms with Gasteiger partial charge in [-0.2, -0.15) is 0 Å². The molecule has 5 nitrogen and oxygen atoms in total. The first-order chi connectivity index (χ1) is 5.16. The first-order valence-electron chi connectivity index (χ1n) is 3.43. The molecule has 0 unspecified atom stereocenters. The number of nitrogens with two attached hydrogens (primary N) is 1. The molecule has 11 heavy (non-hydrogen) atoms. The van der Waals surface area contributed by atoms with Gasteiger partial charge in [-0.1, -0.05) is 0 Å². The van der Waals surface area contributed by atoms with E-state index in [0.717, 1.165) is 0 Å². The minimum atomic E-state index is -0.368. The molecule has 1 saturated heterocycles. The van der Waals surface area contributed by atoms with E-state index in [-0.39, 0.29) is 17.9 Å². The zero-order valence-electron chi connectivity index (χ0n) is 6.33. The maximum atomic E-state index is 10.9. The highest BCUT2D eigenvalue weighted by molar-refractivity contribution is 5.90. The van der Waals surface area contributed by atoms with Crippen LogP contribution in [0.15, 0.2) is 0 Å². The molecule has 1 fully saturated rings. The Morgan fingerprint density at radius 1 is 1.82 bits per heavy atom. The number of hydrogen-bond acceptors (Lipinski definition) is 3. The van der Waals surface area contributed by atoms with E-state index in [9.17, 15) is 9.59 Å². The lowest BCUT2D eigenvalue weighted by molar-refractivity contribution is -0.133. The predicted molar refractivity (Wildman–Crippen MR) is 38.1 cm³/mol. The molecule has 1 aliphatic heterocycles. The van der Waals surface area contributed by atoms with Gasteiger partial charge in [0.2, 0.25) is 5.91 Å². The van der Waals surface area contributed by atoms with Crippen LogP contribution in [0, 0.1) is 0 Å². The van der Waals surface area contributed by atoms with Gasteiger partial charge < -0.3 is 4.90 Å². The van der Waals surface area contributed by atoms with Crippen molar-refractivity contribution in [1.82, 2.24) is 10.3 Å². The summed E-state index contributed by atoms with van der Waals surface area (Å²) in [7, 11) is 1.61. The molecule has 1 rings (SSSR count). The van der Waals surface area contributed by atoms with Crippen LogP contribution in [0.2, 0.25) is 0 Å². The molecule has 62 valence electrons. The molecule has 5 heteroatoms. The van der Waals surface area contributed by atoms with E-state index in [0.29, 0.717) is 12.8 Å². The molecule has 0 spiro atoms. The number of hydrogen-bond donors (Lipinski definition) is 2. The second-order valence-corrected chi connectivity index (χ2v) is 2.57. The van der Waals surface area contributed by atoms with Crippen molar-refractivity contribution in [3.05, 3.63) is 0 Å². The van der Waals surface area contributed by atoms with E-state index < -0.39 is 0 Å². The molecule has 0 aromatic carbocycles. The summed E-state index contributed by atoms with van der Waals surface area (Å²) in [6, 6.07) is -0.368. The predicted octanol–water partition coefficient (Wildman–Crippen LogP) is -1.40. The number of nitrogens with zero attached hydrogens (tertiary/aromatic N) is 1. The molecule has 0 bridgehead atoms. The van der Waals surface area contributed by atoms with Crippen LogP contribution in [0.1, 0.15) is 12.8 Å². The largest absolute Gasteiger partial charge is 0.334 e. The molecular formula is C6H11N3O2. The zero-order valence-corrected chi connectivity index (χ0v) is 6.33. The molecule has 1 heterocycles. The van der Waals surface area contributed by atoms with Gasteiger partial charge in [0.25, 0.3) is 5.91 Å². The molecule has 0 aromatic rings. The molecule has 1 atom stereocenters. The number of carbonyl (C=O) groups excluding carboxylic acids is 2. The van der Waals surface area contributed by atoms with Gasteiger partial charge in [-0.3, -0.25) is 15.0 Å². The van der Waals surface area contributed by atoms with Gasteiger partial charge in [-0.15, -0.1) is 0 Å². The maximum absolute atomic E-state index is 10.9. The van der Waals surface area contributed by atoms with Gasteiger partial charge in [-0.05, 0) is 6.42 Å². The minimum Gasteiger partial charge on any atom is -0.334 e. The van der Waals surface area contributed by atoms with Gasteiger partial charge in [0.1, 0.15) is 6.04 Å². The summed E-state index contributed by atoms with van der Waals surface area (Å²) in [5, 5.41) is 0. The van der Waals surface area contributed by atoms with Crippen molar-refractivity contribution in [2.75, 3.05) is 7.05 Å². The normalized spacial score (nSPS) is 24.0. The average molecular weight is 157 g/mol. The molecule has 0 aliphatic carbocycles. The lowest BCUT2D eigenvalue weighted by Crippen LogP contribution is -2.45. The number of likely N-dealkylation sites (N-methyl/N-ethyl adjacent to an activating group) is 1. The smallest absolute Gasteiger partial charge is 0.256 e. The van der Waals surface area contributed by atoms with Gasteiger partial charge in [-0.25, -0.2) is 5.84 Å². The topological polar surface area (TPSA) is 75.4 Å². The lowest BCUT2D eigenvalue weighted by Gasteiger charge is -2.17. The van der Waals surface area contributed by atoms with Crippen molar-refractivity contribution >= 4 is 11.8 Å². The molecular weight excluding hydrogens is 146 g/mol. The van der Waals surface area contributed by atoms with Gasteiger partial charge in [0.15, 0.2) is 0 Å². The Morgan fingerprint density at radius 3 is 2.82 bits per heavy atom. The van der Waals surface area contributed by atoms with Crippen molar-refractivity contribution in [2.45, 2.75) is 18.9 Å². The second kappa shape index (κ2) is 2.87. The first kappa shape index (κ1) is 8.00. The Balaban J connectivity index is 2.61. The van der Waals surface area contributed by atoms with Crippen LogP contribution in [-0.4, -0.2) is 29.8 Å². The fourth-order valence-corrected chi connectivity index (χ4v) is 1.21. The number of nitrogens with one attached hydrogen (secondary N) is 1. The SMILES string of the molecule is CN1C(=O)CC[C@@H]1C(=O)NN. The van der Waals surface area contributed by atoms with E-state index in [1.54, 1.807) is 7.05 Å². The monoisotopic (exact) mass is 157 g/mol. The van der Waals surface area contributed by atoms with Crippen LogP contribution in [0.5, 0.6) is 0 Å². The molecule has 1 aliphatic rings. The zero-order chi connectivity index (χ0) is 8.43. The van der Waals surface area contributed by atoms with E-state index in [1.165, 1.54) is 4.90 Å². The quantitative estimate of drug-likeness (QED) is 0.279. The van der Waals surface area contributed by atoms with Crippen LogP contribution < -0.4 is 11.3 Å². The van der Waals surface area contributed by atoms with Crippen molar-refractivity contribution in [2.24, 2.45) is 5.84 Å². The summed E-state index contributed by atoms with van der Waals surface area (Å²) in [6.07, 6.45) is 1.01. The van der Waals surface area contributed by atoms with Crippen LogP contribution in [0.3, 0.4) is 0 Å². The van der Waals surface area contributed by atoms with Crippen LogP contribution >= 0.6 is 0 Å². The van der Waals surface area contributed by atoms with Gasteiger partial charge >= 0.3 is 0 Å². The lowest BCUT2D eigenvalue weighted by atomic mass is 10.2. The van der Waals surface area contributed by atoms with E-state index >= 15 is 0 Å². The van der Waals surface area contributed by atoms with Crippen molar-refractivity contribution in [1.29, 1.82) is 0 Å². The summed E-state index contributed by atoms with van der Waals surface area (Å²) >= 11 is 0. The molecule has 0 aromatic heterocycles. The highest BCUT2D eigenvalue weighted by Gasteiger charge is 2.32. The minimum absolute atomic E-state index is 0.00130. The van der Waals surface area contributed by atoms with Crippen molar-refractivity contribution in [3.8, 4) is 0 Å². The van der Waals surface area contributed by atoms with E-state index in [1.807, 2.05) is 5.43 Å².